The van der Waals surface area contributed by atoms with Gasteiger partial charge < -0.3 is 5.32 Å². The van der Waals surface area contributed by atoms with Crippen LogP contribution in [-0.4, -0.2) is 35.6 Å². The Morgan fingerprint density at radius 2 is 1.65 bits per heavy atom. The number of piperidine rings is 1. The zero-order valence-corrected chi connectivity index (χ0v) is 18.3. The molecule has 8 heteroatoms. The van der Waals surface area contributed by atoms with Gasteiger partial charge in [-0.15, -0.1) is 0 Å². The number of hydrogen-bond donors (Lipinski definition) is 2. The fourth-order valence-electron chi connectivity index (χ4n) is 3.65. The third kappa shape index (κ3) is 4.35. The zero-order valence-electron chi connectivity index (χ0n) is 17.5. The van der Waals surface area contributed by atoms with Crippen molar-refractivity contribution in [2.24, 2.45) is 0 Å². The van der Waals surface area contributed by atoms with Gasteiger partial charge in [0, 0.05) is 25.0 Å². The van der Waals surface area contributed by atoms with Crippen LogP contribution in [0.2, 0.25) is 0 Å². The number of hydrogen-bond acceptors (Lipinski definition) is 4. The van der Waals surface area contributed by atoms with Crippen molar-refractivity contribution in [1.29, 1.82) is 0 Å². The molecule has 0 spiro atoms. The summed E-state index contributed by atoms with van der Waals surface area (Å²) < 4.78 is 28.5. The molecule has 31 heavy (non-hydrogen) atoms. The quantitative estimate of drug-likeness (QED) is 0.637. The number of aromatic amines is 1. The van der Waals surface area contributed by atoms with Crippen LogP contribution in [0.4, 0.5) is 5.69 Å². The second-order valence-corrected chi connectivity index (χ2v) is 9.70. The Hall–Kier alpha value is -3.10. The van der Waals surface area contributed by atoms with E-state index < -0.39 is 10.0 Å². The van der Waals surface area contributed by atoms with E-state index in [1.807, 2.05) is 31.2 Å². The first kappa shape index (κ1) is 21.1. The van der Waals surface area contributed by atoms with Crippen LogP contribution >= 0.6 is 0 Å². The molecular weight excluding hydrogens is 412 g/mol. The molecule has 3 aromatic rings. The molecule has 0 aliphatic carbocycles. The molecule has 1 aliphatic heterocycles. The fourth-order valence-corrected chi connectivity index (χ4v) is 5.17. The number of anilines is 1. The predicted molar refractivity (Wildman–Crippen MR) is 123 cm³/mol. The maximum absolute atomic E-state index is 12.8. The van der Waals surface area contributed by atoms with E-state index in [2.05, 4.69) is 17.0 Å². The molecule has 162 valence electrons. The van der Waals surface area contributed by atoms with Gasteiger partial charge in [-0.2, -0.15) is 4.31 Å². The van der Waals surface area contributed by atoms with Gasteiger partial charge in [0.05, 0.1) is 21.2 Å². The molecule has 0 bridgehead atoms. The lowest BCUT2D eigenvalue weighted by atomic mass is 10.2. The number of rotatable bonds is 5. The van der Waals surface area contributed by atoms with Gasteiger partial charge in [-0.25, -0.2) is 13.1 Å². The first-order chi connectivity index (χ1) is 14.9. The summed E-state index contributed by atoms with van der Waals surface area (Å²) in [7, 11) is -3.46. The molecule has 1 aromatic heterocycles. The Kier molecular flexibility index (Phi) is 5.84. The van der Waals surface area contributed by atoms with Crippen molar-refractivity contribution >= 4 is 28.5 Å². The van der Waals surface area contributed by atoms with Crippen LogP contribution in [-0.2, 0) is 10.0 Å². The van der Waals surface area contributed by atoms with Crippen molar-refractivity contribution < 1.29 is 8.42 Å². The number of sulfonamides is 1. The summed E-state index contributed by atoms with van der Waals surface area (Å²) in [4.78, 5) is 13.1. The molecule has 4 rings (SSSR count). The Bertz CT molecular complexity index is 1330. The average Bonchev–Trinajstić information content (AvgIpc) is 3.07. The minimum atomic E-state index is -3.46. The van der Waals surface area contributed by atoms with Crippen LogP contribution in [0.25, 0.3) is 18.5 Å². The molecule has 0 saturated carbocycles. The Morgan fingerprint density at radius 1 is 1.00 bits per heavy atom. The molecular formula is C23H26N4O3S. The van der Waals surface area contributed by atoms with Crippen molar-refractivity contribution in [3.05, 3.63) is 75.0 Å². The maximum atomic E-state index is 12.8. The van der Waals surface area contributed by atoms with Gasteiger partial charge >= 0.3 is 0 Å². The number of benzene rings is 2. The van der Waals surface area contributed by atoms with E-state index >= 15 is 0 Å². The lowest BCUT2D eigenvalue weighted by molar-refractivity contribution is 0.346. The van der Waals surface area contributed by atoms with Crippen LogP contribution in [0, 0.1) is 6.92 Å². The normalized spacial score (nSPS) is 15.8. The van der Waals surface area contributed by atoms with Crippen LogP contribution in [0.15, 0.2) is 58.2 Å². The lowest BCUT2D eigenvalue weighted by Gasteiger charge is -2.25. The highest BCUT2D eigenvalue weighted by atomic mass is 32.2. The van der Waals surface area contributed by atoms with Crippen molar-refractivity contribution in [3.63, 3.8) is 0 Å². The Labute approximate surface area is 181 Å². The summed E-state index contributed by atoms with van der Waals surface area (Å²) in [5.74, 6) is 0. The molecule has 0 atom stereocenters. The second kappa shape index (κ2) is 8.56. The van der Waals surface area contributed by atoms with Crippen LogP contribution in [0.3, 0.4) is 0 Å². The number of nitrogens with one attached hydrogen (secondary N) is 2. The summed E-state index contributed by atoms with van der Waals surface area (Å²) in [5.41, 5.74) is 2.30. The van der Waals surface area contributed by atoms with Crippen LogP contribution in [0.5, 0.6) is 0 Å². The minimum absolute atomic E-state index is 0.217. The summed E-state index contributed by atoms with van der Waals surface area (Å²) >= 11 is 0. The van der Waals surface area contributed by atoms with E-state index in [0.29, 0.717) is 29.3 Å². The monoisotopic (exact) mass is 438 g/mol. The van der Waals surface area contributed by atoms with Gasteiger partial charge in [0.2, 0.25) is 10.0 Å². The van der Waals surface area contributed by atoms with Crippen molar-refractivity contribution in [2.45, 2.75) is 31.1 Å². The molecule has 1 saturated heterocycles. The zero-order chi connectivity index (χ0) is 22.0. The first-order valence-corrected chi connectivity index (χ1v) is 11.7. The van der Waals surface area contributed by atoms with Crippen LogP contribution in [0.1, 0.15) is 24.8 Å². The fraction of sp³-hybridized carbons (Fsp3) is 0.261. The average molecular weight is 439 g/mol. The number of H-pyrrole nitrogens is 1. The van der Waals surface area contributed by atoms with E-state index in [1.165, 1.54) is 4.68 Å². The molecule has 2 aromatic carbocycles. The van der Waals surface area contributed by atoms with E-state index in [1.54, 1.807) is 34.8 Å². The highest BCUT2D eigenvalue weighted by molar-refractivity contribution is 7.89. The van der Waals surface area contributed by atoms with Gasteiger partial charge in [0.15, 0.2) is 0 Å². The third-order valence-corrected chi connectivity index (χ3v) is 7.40. The Balaban J connectivity index is 1.56. The van der Waals surface area contributed by atoms with E-state index in [9.17, 15) is 13.2 Å². The van der Waals surface area contributed by atoms with Crippen LogP contribution < -0.4 is 21.4 Å². The molecule has 2 heterocycles. The van der Waals surface area contributed by atoms with Gasteiger partial charge in [0.25, 0.3) is 5.56 Å². The maximum Gasteiger partial charge on any atom is 0.280 e. The van der Waals surface area contributed by atoms with Crippen molar-refractivity contribution in [3.8, 4) is 5.69 Å². The summed E-state index contributed by atoms with van der Waals surface area (Å²) in [6, 6.07) is 14.2. The molecule has 1 fully saturated rings. The Morgan fingerprint density at radius 3 is 2.29 bits per heavy atom. The standard InChI is InChI=1S/C23H26N4O3S/c1-17-6-10-20(11-7-17)27-23(28)22(18(2)25-27)16-24-19-8-12-21(13-9-19)31(29,30)26-14-4-3-5-15-26/h6-13,16,24-25H,2-5,14-15H2,1H3/b22-16+. The summed E-state index contributed by atoms with van der Waals surface area (Å²) in [6.07, 6.45) is 4.46. The highest BCUT2D eigenvalue weighted by Gasteiger charge is 2.25. The SMILES string of the molecule is C=c1[nH]n(-c2ccc(C)cc2)c(=O)/c1=C/Nc1ccc(S(=O)(=O)N2CCCCC2)cc1. The van der Waals surface area contributed by atoms with Gasteiger partial charge in [-0.3, -0.25) is 9.89 Å². The van der Waals surface area contributed by atoms with E-state index in [0.717, 1.165) is 30.5 Å². The number of aryl methyl sites for hydroxylation is 1. The van der Waals surface area contributed by atoms with Crippen molar-refractivity contribution in [2.75, 3.05) is 18.4 Å². The summed E-state index contributed by atoms with van der Waals surface area (Å²) in [5, 5.41) is 6.95. The molecule has 1 aliphatic rings. The first-order valence-electron chi connectivity index (χ1n) is 10.3. The molecule has 0 unspecified atom stereocenters. The topological polar surface area (TPSA) is 87.2 Å². The largest absolute Gasteiger partial charge is 0.361 e. The smallest absolute Gasteiger partial charge is 0.280 e. The van der Waals surface area contributed by atoms with E-state index in [4.69, 9.17) is 0 Å². The van der Waals surface area contributed by atoms with Gasteiger partial charge in [-0.1, -0.05) is 30.7 Å². The highest BCUT2D eigenvalue weighted by Crippen LogP contribution is 2.21. The molecule has 0 amide bonds. The number of nitrogens with zero attached hydrogens (tertiary/aromatic N) is 2. The lowest BCUT2D eigenvalue weighted by Crippen LogP contribution is -2.35. The van der Waals surface area contributed by atoms with Gasteiger partial charge in [0.1, 0.15) is 0 Å². The van der Waals surface area contributed by atoms with Crippen molar-refractivity contribution in [1.82, 2.24) is 14.1 Å². The third-order valence-electron chi connectivity index (χ3n) is 5.49. The number of aromatic nitrogens is 2. The minimum Gasteiger partial charge on any atom is -0.361 e. The van der Waals surface area contributed by atoms with Gasteiger partial charge in [-0.05, 0) is 56.2 Å². The molecule has 0 radical (unpaired) electrons. The van der Waals surface area contributed by atoms with E-state index in [-0.39, 0.29) is 10.5 Å². The summed E-state index contributed by atoms with van der Waals surface area (Å²) in [6.45, 7) is 7.05. The molecule has 7 nitrogen and oxygen atoms in total. The second-order valence-electron chi connectivity index (χ2n) is 7.76. The molecule has 2 N–H and O–H groups in total. The predicted octanol–water partition coefficient (Wildman–Crippen LogP) is 1.91.